The molecule has 1 heterocycles. The van der Waals surface area contributed by atoms with E-state index in [2.05, 4.69) is 36.3 Å². The second-order valence-electron chi connectivity index (χ2n) is 5.05. The molecule has 2 rings (SSSR count). The van der Waals surface area contributed by atoms with Crippen LogP contribution in [0.5, 0.6) is 0 Å². The van der Waals surface area contributed by atoms with Gasteiger partial charge < -0.3 is 5.32 Å². The Morgan fingerprint density at radius 2 is 2.44 bits per heavy atom. The standard InChI is InChI=1S/C15H24N2S/c1-3-18-11-9-12(2)17-14-8-4-6-13-7-5-10-16-15(13)14/h5,7,10,12,14,17H,3-4,6,8-9,11H2,1-2H3. The highest BCUT2D eigenvalue weighted by atomic mass is 32.2. The molecule has 2 unspecified atom stereocenters. The van der Waals surface area contributed by atoms with Gasteiger partial charge in [-0.05, 0) is 55.7 Å². The number of aryl methyl sites for hydroxylation is 1. The molecule has 0 radical (unpaired) electrons. The Hall–Kier alpha value is -0.540. The molecular weight excluding hydrogens is 240 g/mol. The maximum absolute atomic E-state index is 4.58. The van der Waals surface area contributed by atoms with Gasteiger partial charge in [0, 0.05) is 18.3 Å². The molecule has 0 amide bonds. The summed E-state index contributed by atoms with van der Waals surface area (Å²) in [5, 5.41) is 3.76. The number of nitrogens with one attached hydrogen (secondary N) is 1. The molecule has 1 aromatic heterocycles. The van der Waals surface area contributed by atoms with Crippen LogP contribution in [-0.2, 0) is 6.42 Å². The van der Waals surface area contributed by atoms with Gasteiger partial charge in [-0.3, -0.25) is 4.98 Å². The summed E-state index contributed by atoms with van der Waals surface area (Å²) in [6.07, 6.45) is 6.89. The van der Waals surface area contributed by atoms with Crippen LogP contribution < -0.4 is 5.32 Å². The van der Waals surface area contributed by atoms with E-state index in [1.54, 1.807) is 0 Å². The van der Waals surface area contributed by atoms with Gasteiger partial charge in [0.05, 0.1) is 5.69 Å². The van der Waals surface area contributed by atoms with E-state index in [1.807, 2.05) is 18.0 Å². The number of hydrogen-bond donors (Lipinski definition) is 1. The SMILES string of the molecule is CCSCCC(C)NC1CCCc2cccnc21. The molecule has 2 atom stereocenters. The van der Waals surface area contributed by atoms with Crippen LogP contribution in [0.2, 0.25) is 0 Å². The maximum atomic E-state index is 4.58. The average Bonchev–Trinajstić information content (AvgIpc) is 2.39. The van der Waals surface area contributed by atoms with Crippen molar-refractivity contribution in [2.24, 2.45) is 0 Å². The smallest absolute Gasteiger partial charge is 0.0605 e. The third kappa shape index (κ3) is 3.72. The quantitative estimate of drug-likeness (QED) is 0.795. The largest absolute Gasteiger partial charge is 0.306 e. The van der Waals surface area contributed by atoms with E-state index in [0.717, 1.165) is 0 Å². The van der Waals surface area contributed by atoms with Crippen molar-refractivity contribution in [2.75, 3.05) is 11.5 Å². The van der Waals surface area contributed by atoms with E-state index in [4.69, 9.17) is 0 Å². The normalized spacial score (nSPS) is 20.4. The molecule has 1 aromatic rings. The number of nitrogens with zero attached hydrogens (tertiary/aromatic N) is 1. The summed E-state index contributed by atoms with van der Waals surface area (Å²) < 4.78 is 0. The highest BCUT2D eigenvalue weighted by Crippen LogP contribution is 2.28. The number of fused-ring (bicyclic) bond motifs is 1. The van der Waals surface area contributed by atoms with Gasteiger partial charge in [0.25, 0.3) is 0 Å². The van der Waals surface area contributed by atoms with Crippen LogP contribution in [0.15, 0.2) is 18.3 Å². The second kappa shape index (κ2) is 7.15. The summed E-state index contributed by atoms with van der Waals surface area (Å²) >= 11 is 2.03. The Balaban J connectivity index is 1.90. The van der Waals surface area contributed by atoms with Gasteiger partial charge in [0.15, 0.2) is 0 Å². The van der Waals surface area contributed by atoms with Crippen molar-refractivity contribution in [3.63, 3.8) is 0 Å². The zero-order valence-corrected chi connectivity index (χ0v) is 12.3. The number of rotatable bonds is 6. The monoisotopic (exact) mass is 264 g/mol. The first kappa shape index (κ1) is 13.9. The van der Waals surface area contributed by atoms with Gasteiger partial charge >= 0.3 is 0 Å². The molecule has 1 N–H and O–H groups in total. The molecule has 1 aliphatic rings. The fraction of sp³-hybridized carbons (Fsp3) is 0.667. The third-order valence-corrected chi connectivity index (χ3v) is 4.51. The van der Waals surface area contributed by atoms with E-state index >= 15 is 0 Å². The summed E-state index contributed by atoms with van der Waals surface area (Å²) in [5.74, 6) is 2.48. The summed E-state index contributed by atoms with van der Waals surface area (Å²) in [6.45, 7) is 4.53. The van der Waals surface area contributed by atoms with Crippen molar-refractivity contribution in [1.82, 2.24) is 10.3 Å². The van der Waals surface area contributed by atoms with Gasteiger partial charge in [0.2, 0.25) is 0 Å². The third-order valence-electron chi connectivity index (χ3n) is 3.58. The first-order valence-electron chi connectivity index (χ1n) is 7.09. The lowest BCUT2D eigenvalue weighted by Crippen LogP contribution is -2.33. The van der Waals surface area contributed by atoms with Crippen LogP contribution in [0.3, 0.4) is 0 Å². The lowest BCUT2D eigenvalue weighted by Gasteiger charge is -2.28. The van der Waals surface area contributed by atoms with Crippen LogP contribution >= 0.6 is 11.8 Å². The molecule has 0 fully saturated rings. The lowest BCUT2D eigenvalue weighted by molar-refractivity contribution is 0.396. The number of aromatic nitrogens is 1. The predicted octanol–water partition coefficient (Wildman–Crippen LogP) is 3.58. The Kier molecular flexibility index (Phi) is 5.51. The zero-order valence-electron chi connectivity index (χ0n) is 11.5. The first-order valence-corrected chi connectivity index (χ1v) is 8.24. The molecule has 0 aliphatic heterocycles. The van der Waals surface area contributed by atoms with E-state index in [9.17, 15) is 0 Å². The Bertz CT molecular complexity index is 367. The molecule has 1 aliphatic carbocycles. The van der Waals surface area contributed by atoms with E-state index in [0.29, 0.717) is 12.1 Å². The molecule has 0 aromatic carbocycles. The van der Waals surface area contributed by atoms with Crippen molar-refractivity contribution < 1.29 is 0 Å². The van der Waals surface area contributed by atoms with Crippen LogP contribution in [0, 0.1) is 0 Å². The predicted molar refractivity (Wildman–Crippen MR) is 80.1 cm³/mol. The van der Waals surface area contributed by atoms with Crippen LogP contribution in [0.25, 0.3) is 0 Å². The Labute approximate surface area is 115 Å². The summed E-state index contributed by atoms with van der Waals surface area (Å²) in [6, 6.07) is 5.34. The van der Waals surface area contributed by atoms with Gasteiger partial charge in [-0.1, -0.05) is 13.0 Å². The van der Waals surface area contributed by atoms with Gasteiger partial charge in [0.1, 0.15) is 0 Å². The molecule has 0 saturated heterocycles. The van der Waals surface area contributed by atoms with Gasteiger partial charge in [-0.15, -0.1) is 0 Å². The lowest BCUT2D eigenvalue weighted by atomic mass is 9.91. The Morgan fingerprint density at radius 3 is 3.28 bits per heavy atom. The number of thioether (sulfide) groups is 1. The van der Waals surface area contributed by atoms with Crippen molar-refractivity contribution in [3.05, 3.63) is 29.6 Å². The summed E-state index contributed by atoms with van der Waals surface area (Å²) in [7, 11) is 0. The van der Waals surface area contributed by atoms with Crippen molar-refractivity contribution in [3.8, 4) is 0 Å². The molecule has 100 valence electrons. The van der Waals surface area contributed by atoms with Crippen LogP contribution in [0.4, 0.5) is 0 Å². The van der Waals surface area contributed by atoms with E-state index in [1.165, 1.54) is 48.4 Å². The maximum Gasteiger partial charge on any atom is 0.0605 e. The highest BCUT2D eigenvalue weighted by Gasteiger charge is 2.22. The summed E-state index contributed by atoms with van der Waals surface area (Å²) in [5.41, 5.74) is 2.73. The van der Waals surface area contributed by atoms with E-state index < -0.39 is 0 Å². The minimum Gasteiger partial charge on any atom is -0.306 e. The molecule has 0 bridgehead atoms. The van der Waals surface area contributed by atoms with Crippen LogP contribution in [-0.4, -0.2) is 22.5 Å². The highest BCUT2D eigenvalue weighted by molar-refractivity contribution is 7.99. The van der Waals surface area contributed by atoms with Gasteiger partial charge in [-0.25, -0.2) is 0 Å². The van der Waals surface area contributed by atoms with Crippen LogP contribution in [0.1, 0.15) is 50.4 Å². The molecule has 18 heavy (non-hydrogen) atoms. The molecule has 3 heteroatoms. The van der Waals surface area contributed by atoms with Crippen molar-refractivity contribution in [2.45, 2.75) is 51.6 Å². The molecular formula is C15H24N2S. The number of pyridine rings is 1. The van der Waals surface area contributed by atoms with Crippen molar-refractivity contribution >= 4 is 11.8 Å². The number of hydrogen-bond acceptors (Lipinski definition) is 3. The fourth-order valence-corrected chi connectivity index (χ4v) is 3.41. The van der Waals surface area contributed by atoms with Gasteiger partial charge in [-0.2, -0.15) is 11.8 Å². The van der Waals surface area contributed by atoms with E-state index in [-0.39, 0.29) is 0 Å². The minimum atomic E-state index is 0.469. The summed E-state index contributed by atoms with van der Waals surface area (Å²) in [4.78, 5) is 4.58. The first-order chi connectivity index (χ1) is 8.81. The topological polar surface area (TPSA) is 24.9 Å². The zero-order chi connectivity index (χ0) is 12.8. The average molecular weight is 264 g/mol. The molecule has 0 spiro atoms. The van der Waals surface area contributed by atoms with Crippen molar-refractivity contribution in [1.29, 1.82) is 0 Å². The Morgan fingerprint density at radius 1 is 1.56 bits per heavy atom. The fourth-order valence-electron chi connectivity index (χ4n) is 2.60. The second-order valence-corrected chi connectivity index (χ2v) is 6.44. The molecule has 2 nitrogen and oxygen atoms in total. The molecule has 0 saturated carbocycles. The minimum absolute atomic E-state index is 0.469.